The molecule has 178 valence electrons. The number of carbonyl (C=O) groups is 5. The van der Waals surface area contributed by atoms with Gasteiger partial charge in [-0.05, 0) is 56.7 Å². The summed E-state index contributed by atoms with van der Waals surface area (Å²) >= 11 is 0. The first kappa shape index (κ1) is 23.6. The predicted octanol–water partition coefficient (Wildman–Crippen LogP) is 3.65. The lowest BCUT2D eigenvalue weighted by molar-refractivity contribution is 0.0472. The van der Waals surface area contributed by atoms with Crippen LogP contribution in [0.25, 0.3) is 0 Å². The molecule has 1 aromatic heterocycles. The molecule has 1 N–H and O–H groups in total. The van der Waals surface area contributed by atoms with Crippen LogP contribution in [0, 0.1) is 13.8 Å². The summed E-state index contributed by atoms with van der Waals surface area (Å²) in [6, 6.07) is 12.3. The van der Waals surface area contributed by atoms with E-state index in [-0.39, 0.29) is 40.2 Å². The molecule has 0 radical (unpaired) electrons. The van der Waals surface area contributed by atoms with Gasteiger partial charge in [-0.15, -0.1) is 0 Å². The molecular weight excluding hydrogens is 452 g/mol. The van der Waals surface area contributed by atoms with Crippen molar-refractivity contribution < 1.29 is 33.4 Å². The number of aromatic nitrogens is 1. The van der Waals surface area contributed by atoms with Crippen molar-refractivity contribution in [3.63, 3.8) is 0 Å². The number of esters is 2. The van der Waals surface area contributed by atoms with Crippen LogP contribution in [0.4, 0.5) is 5.69 Å². The van der Waals surface area contributed by atoms with Gasteiger partial charge in [-0.3, -0.25) is 14.4 Å². The number of nitrogens with zero attached hydrogens (tertiary/aromatic N) is 1. The first-order valence-corrected chi connectivity index (χ1v) is 10.9. The van der Waals surface area contributed by atoms with Gasteiger partial charge in [0, 0.05) is 5.69 Å². The largest absolute Gasteiger partial charge is 0.462 e. The molecule has 3 aromatic rings. The van der Waals surface area contributed by atoms with Crippen LogP contribution in [0.1, 0.15) is 70.1 Å². The average molecular weight is 474 g/mol. The quantitative estimate of drug-likeness (QED) is 0.315. The van der Waals surface area contributed by atoms with Crippen LogP contribution in [-0.4, -0.2) is 47.7 Å². The molecule has 0 saturated heterocycles. The molecule has 0 fully saturated rings. The predicted molar refractivity (Wildman–Crippen MR) is 125 cm³/mol. The molecular formula is C26H22N2O7. The number of hydrogen-bond acceptors (Lipinski definition) is 7. The fourth-order valence-electron chi connectivity index (χ4n) is 4.02. The number of hydrogen-bond donors (Lipinski definition) is 1. The highest BCUT2D eigenvalue weighted by Gasteiger charge is 2.36. The number of anilines is 1. The molecule has 2 aromatic carbocycles. The zero-order valence-corrected chi connectivity index (χ0v) is 19.3. The summed E-state index contributed by atoms with van der Waals surface area (Å²) < 4.78 is 10.2. The number of aryl methyl sites for hydroxylation is 1. The van der Waals surface area contributed by atoms with E-state index in [1.54, 1.807) is 45.0 Å². The van der Waals surface area contributed by atoms with E-state index in [2.05, 4.69) is 4.98 Å². The Morgan fingerprint density at radius 3 is 2.17 bits per heavy atom. The summed E-state index contributed by atoms with van der Waals surface area (Å²) in [5.41, 5.74) is 2.17. The van der Waals surface area contributed by atoms with Crippen LogP contribution in [0.5, 0.6) is 0 Å². The smallest absolute Gasteiger partial charge is 0.340 e. The van der Waals surface area contributed by atoms with Crippen molar-refractivity contribution in [1.82, 2.24) is 4.98 Å². The zero-order valence-electron chi connectivity index (χ0n) is 19.3. The van der Waals surface area contributed by atoms with Gasteiger partial charge < -0.3 is 14.5 Å². The van der Waals surface area contributed by atoms with Gasteiger partial charge in [0.05, 0.1) is 40.2 Å². The van der Waals surface area contributed by atoms with Crippen molar-refractivity contribution in [1.29, 1.82) is 0 Å². The monoisotopic (exact) mass is 474 g/mol. The maximum absolute atomic E-state index is 12.7. The number of nitrogens with one attached hydrogen (secondary N) is 1. The Morgan fingerprint density at radius 2 is 1.54 bits per heavy atom. The highest BCUT2D eigenvalue weighted by atomic mass is 16.5. The number of aromatic amines is 1. The van der Waals surface area contributed by atoms with Gasteiger partial charge in [-0.1, -0.05) is 18.2 Å². The first-order valence-electron chi connectivity index (χ1n) is 10.9. The summed E-state index contributed by atoms with van der Waals surface area (Å²) in [7, 11) is 0. The minimum Gasteiger partial charge on any atom is -0.462 e. The second kappa shape index (κ2) is 9.38. The highest BCUT2D eigenvalue weighted by molar-refractivity contribution is 6.34. The second-order valence-electron chi connectivity index (χ2n) is 7.89. The molecule has 35 heavy (non-hydrogen) atoms. The Kier molecular flexibility index (Phi) is 6.33. The minimum absolute atomic E-state index is 0.0680. The number of imide groups is 1. The van der Waals surface area contributed by atoms with Crippen LogP contribution >= 0.6 is 0 Å². The minimum atomic E-state index is -0.802. The lowest BCUT2D eigenvalue weighted by Crippen LogP contribution is -2.29. The van der Waals surface area contributed by atoms with Crippen molar-refractivity contribution in [3.8, 4) is 0 Å². The summed E-state index contributed by atoms with van der Waals surface area (Å²) in [4.78, 5) is 66.7. The van der Waals surface area contributed by atoms with E-state index < -0.39 is 36.1 Å². The van der Waals surface area contributed by atoms with E-state index in [1.165, 1.54) is 24.3 Å². The molecule has 1 aliphatic rings. The van der Waals surface area contributed by atoms with Crippen molar-refractivity contribution in [2.24, 2.45) is 0 Å². The SMILES string of the molecule is CCOC(=O)c1c(C)[nH]c(C(=O)COC(=O)c2cccc(N3C(=O)c4ccccc4C3=O)c2)c1C. The molecule has 0 spiro atoms. The van der Waals surface area contributed by atoms with Gasteiger partial charge >= 0.3 is 11.9 Å². The van der Waals surface area contributed by atoms with Crippen molar-refractivity contribution in [3.05, 3.63) is 87.7 Å². The molecule has 2 heterocycles. The summed E-state index contributed by atoms with van der Waals surface area (Å²) in [6.07, 6.45) is 0. The van der Waals surface area contributed by atoms with Crippen molar-refractivity contribution in [2.45, 2.75) is 20.8 Å². The van der Waals surface area contributed by atoms with E-state index >= 15 is 0 Å². The molecule has 0 saturated carbocycles. The highest BCUT2D eigenvalue weighted by Crippen LogP contribution is 2.29. The molecule has 9 nitrogen and oxygen atoms in total. The van der Waals surface area contributed by atoms with Crippen molar-refractivity contribution >= 4 is 35.2 Å². The number of carbonyl (C=O) groups excluding carboxylic acids is 5. The zero-order chi connectivity index (χ0) is 25.3. The number of rotatable bonds is 7. The van der Waals surface area contributed by atoms with Crippen LogP contribution in [0.15, 0.2) is 48.5 Å². The number of fused-ring (bicyclic) bond motifs is 1. The maximum Gasteiger partial charge on any atom is 0.340 e. The molecule has 0 unspecified atom stereocenters. The molecule has 0 atom stereocenters. The lowest BCUT2D eigenvalue weighted by Gasteiger charge is -2.14. The van der Waals surface area contributed by atoms with Crippen LogP contribution < -0.4 is 4.90 Å². The third kappa shape index (κ3) is 4.23. The van der Waals surface area contributed by atoms with E-state index in [0.717, 1.165) is 4.90 Å². The molecule has 2 amide bonds. The van der Waals surface area contributed by atoms with Crippen LogP contribution in [-0.2, 0) is 9.47 Å². The van der Waals surface area contributed by atoms with Gasteiger partial charge in [-0.2, -0.15) is 0 Å². The van der Waals surface area contributed by atoms with Gasteiger partial charge in [0.1, 0.15) is 0 Å². The maximum atomic E-state index is 12.7. The van der Waals surface area contributed by atoms with Crippen molar-refractivity contribution in [2.75, 3.05) is 18.1 Å². The standard InChI is InChI=1S/C26H22N2O7/c1-4-34-26(33)21-14(2)22(27-15(21)3)20(29)13-35-25(32)16-8-7-9-17(12-16)28-23(30)18-10-5-6-11-19(18)24(28)31/h5-12,27H,4,13H2,1-3H3. The summed E-state index contributed by atoms with van der Waals surface area (Å²) in [5.74, 6) is -2.84. The Hall–Kier alpha value is -4.53. The number of ketones is 1. The number of benzene rings is 2. The second-order valence-corrected chi connectivity index (χ2v) is 7.89. The molecule has 0 aliphatic carbocycles. The lowest BCUT2D eigenvalue weighted by atomic mass is 10.1. The third-order valence-corrected chi connectivity index (χ3v) is 5.66. The first-order chi connectivity index (χ1) is 16.7. The molecule has 9 heteroatoms. The number of H-pyrrole nitrogens is 1. The summed E-state index contributed by atoms with van der Waals surface area (Å²) in [5, 5.41) is 0. The van der Waals surface area contributed by atoms with Crippen LogP contribution in [0.2, 0.25) is 0 Å². The molecule has 4 rings (SSSR count). The van der Waals surface area contributed by atoms with E-state index in [0.29, 0.717) is 11.3 Å². The van der Waals surface area contributed by atoms with Gasteiger partial charge in [0.15, 0.2) is 6.61 Å². The Bertz CT molecular complexity index is 1350. The van der Waals surface area contributed by atoms with Gasteiger partial charge in [0.2, 0.25) is 5.78 Å². The number of amides is 2. The van der Waals surface area contributed by atoms with E-state index in [1.807, 2.05) is 0 Å². The van der Waals surface area contributed by atoms with E-state index in [4.69, 9.17) is 9.47 Å². The van der Waals surface area contributed by atoms with Gasteiger partial charge in [0.25, 0.3) is 11.8 Å². The fourth-order valence-corrected chi connectivity index (χ4v) is 4.02. The van der Waals surface area contributed by atoms with Gasteiger partial charge in [-0.25, -0.2) is 14.5 Å². The topological polar surface area (TPSA) is 123 Å². The Balaban J connectivity index is 1.48. The normalized spacial score (nSPS) is 12.5. The Labute approximate surface area is 200 Å². The third-order valence-electron chi connectivity index (χ3n) is 5.66. The Morgan fingerprint density at radius 1 is 0.886 bits per heavy atom. The van der Waals surface area contributed by atoms with E-state index in [9.17, 15) is 24.0 Å². The van der Waals surface area contributed by atoms with Crippen LogP contribution in [0.3, 0.4) is 0 Å². The molecule has 1 aliphatic heterocycles. The number of ether oxygens (including phenoxy) is 2. The summed E-state index contributed by atoms with van der Waals surface area (Å²) in [6.45, 7) is 4.57. The average Bonchev–Trinajstić information content (AvgIpc) is 3.29. The fraction of sp³-hybridized carbons (Fsp3) is 0.192. The number of Topliss-reactive ketones (excluding diaryl/α,β-unsaturated/α-hetero) is 1. The molecule has 0 bridgehead atoms.